The fourth-order valence-electron chi connectivity index (χ4n) is 4.11. The lowest BCUT2D eigenvalue weighted by Crippen LogP contribution is -2.36. The molecule has 0 saturated carbocycles. The van der Waals surface area contributed by atoms with E-state index in [1.807, 2.05) is 13.0 Å². The summed E-state index contributed by atoms with van der Waals surface area (Å²) in [5.41, 5.74) is 7.40. The molecule has 0 unspecified atom stereocenters. The number of rotatable bonds is 9. The highest BCUT2D eigenvalue weighted by Gasteiger charge is 2.32. The normalized spacial score (nSPS) is 19.3. The standard InChI is InChI=1S/C28H42O2/c1-20(2)11-8-12-21(3)13-9-14-22(4)15-10-17-28(7)18-16-25-19-26(29)23(5)24(6)27(25)30-28/h11,13,15,19,29H,8-10,12,14,16-18H2,1-7H3/b21-13-,22-15+/t28-/m1/s1. The Kier molecular flexibility index (Phi) is 8.82. The summed E-state index contributed by atoms with van der Waals surface area (Å²) in [4.78, 5) is 0. The van der Waals surface area contributed by atoms with Crippen molar-refractivity contribution in [2.75, 3.05) is 0 Å². The summed E-state index contributed by atoms with van der Waals surface area (Å²) in [6.07, 6.45) is 15.8. The zero-order valence-corrected chi connectivity index (χ0v) is 20.3. The van der Waals surface area contributed by atoms with Crippen LogP contribution in [0.2, 0.25) is 0 Å². The maximum Gasteiger partial charge on any atom is 0.126 e. The second-order valence-electron chi connectivity index (χ2n) is 9.68. The number of phenols is 1. The largest absolute Gasteiger partial charge is 0.508 e. The number of fused-ring (bicyclic) bond motifs is 1. The molecule has 0 saturated heterocycles. The second kappa shape index (κ2) is 10.9. The van der Waals surface area contributed by atoms with Crippen molar-refractivity contribution in [1.82, 2.24) is 0 Å². The van der Waals surface area contributed by atoms with Crippen LogP contribution in [0.3, 0.4) is 0 Å². The predicted molar refractivity (Wildman–Crippen MR) is 130 cm³/mol. The Bertz CT molecular complexity index is 822. The molecule has 0 fully saturated rings. The van der Waals surface area contributed by atoms with E-state index in [-0.39, 0.29) is 5.60 Å². The van der Waals surface area contributed by atoms with Crippen molar-refractivity contribution in [3.63, 3.8) is 0 Å². The molecule has 0 aliphatic carbocycles. The van der Waals surface area contributed by atoms with Crippen molar-refractivity contribution in [3.05, 3.63) is 57.7 Å². The van der Waals surface area contributed by atoms with Gasteiger partial charge in [-0.25, -0.2) is 0 Å². The van der Waals surface area contributed by atoms with Gasteiger partial charge in [0, 0.05) is 0 Å². The van der Waals surface area contributed by atoms with Gasteiger partial charge in [0.1, 0.15) is 17.1 Å². The maximum absolute atomic E-state index is 10.1. The molecule has 0 radical (unpaired) electrons. The molecule has 1 N–H and O–H groups in total. The molecule has 2 rings (SSSR count). The van der Waals surface area contributed by atoms with Gasteiger partial charge in [-0.15, -0.1) is 0 Å². The van der Waals surface area contributed by atoms with Gasteiger partial charge in [-0.2, -0.15) is 0 Å². The Morgan fingerprint density at radius 2 is 1.57 bits per heavy atom. The molecule has 0 bridgehead atoms. The fraction of sp³-hybridized carbons (Fsp3) is 0.571. The molecule has 1 aliphatic heterocycles. The van der Waals surface area contributed by atoms with Crippen LogP contribution in [-0.4, -0.2) is 10.7 Å². The van der Waals surface area contributed by atoms with Gasteiger partial charge in [-0.3, -0.25) is 0 Å². The molecule has 0 aromatic heterocycles. The Morgan fingerprint density at radius 3 is 2.20 bits per heavy atom. The van der Waals surface area contributed by atoms with Gasteiger partial charge in [-0.05, 0) is 123 Å². The Morgan fingerprint density at radius 1 is 0.967 bits per heavy atom. The molecule has 1 aromatic carbocycles. The van der Waals surface area contributed by atoms with Crippen molar-refractivity contribution in [2.24, 2.45) is 0 Å². The highest BCUT2D eigenvalue weighted by molar-refractivity contribution is 5.53. The van der Waals surface area contributed by atoms with Crippen LogP contribution in [0.1, 0.15) is 96.3 Å². The molecule has 0 spiro atoms. The van der Waals surface area contributed by atoms with Gasteiger partial charge < -0.3 is 9.84 Å². The average molecular weight is 411 g/mol. The fourth-order valence-corrected chi connectivity index (χ4v) is 4.11. The highest BCUT2D eigenvalue weighted by Crippen LogP contribution is 2.41. The van der Waals surface area contributed by atoms with Gasteiger partial charge in [0.05, 0.1) is 0 Å². The molecular formula is C28H42O2. The Balaban J connectivity index is 1.83. The van der Waals surface area contributed by atoms with E-state index in [0.717, 1.165) is 67.4 Å². The Labute approximate surface area is 184 Å². The van der Waals surface area contributed by atoms with E-state index in [9.17, 15) is 5.11 Å². The second-order valence-corrected chi connectivity index (χ2v) is 9.68. The third kappa shape index (κ3) is 7.07. The number of hydrogen-bond donors (Lipinski definition) is 1. The highest BCUT2D eigenvalue weighted by atomic mass is 16.5. The third-order valence-corrected chi connectivity index (χ3v) is 6.45. The van der Waals surface area contributed by atoms with Gasteiger partial charge in [0.15, 0.2) is 0 Å². The van der Waals surface area contributed by atoms with Crippen LogP contribution in [0, 0.1) is 13.8 Å². The first-order valence-corrected chi connectivity index (χ1v) is 11.6. The van der Waals surface area contributed by atoms with Crippen LogP contribution >= 0.6 is 0 Å². The van der Waals surface area contributed by atoms with Gasteiger partial charge >= 0.3 is 0 Å². The quantitative estimate of drug-likeness (QED) is 0.415. The summed E-state index contributed by atoms with van der Waals surface area (Å²) < 4.78 is 6.48. The van der Waals surface area contributed by atoms with E-state index < -0.39 is 0 Å². The zero-order valence-electron chi connectivity index (χ0n) is 20.3. The van der Waals surface area contributed by atoms with Crippen molar-refractivity contribution in [2.45, 2.75) is 105 Å². The lowest BCUT2D eigenvalue weighted by molar-refractivity contribution is 0.0560. The van der Waals surface area contributed by atoms with E-state index in [2.05, 4.69) is 59.8 Å². The number of phenolic OH excluding ortho intramolecular Hbond substituents is 1. The first-order chi connectivity index (χ1) is 14.1. The molecule has 166 valence electrons. The lowest BCUT2D eigenvalue weighted by atomic mass is 9.87. The number of allylic oxidation sites excluding steroid dienone is 6. The first kappa shape index (κ1) is 24.3. The van der Waals surface area contributed by atoms with Crippen LogP contribution in [0.5, 0.6) is 11.5 Å². The smallest absolute Gasteiger partial charge is 0.126 e. The average Bonchev–Trinajstić information content (AvgIpc) is 2.67. The summed E-state index contributed by atoms with van der Waals surface area (Å²) in [5.74, 6) is 1.38. The molecule has 1 heterocycles. The van der Waals surface area contributed by atoms with Gasteiger partial charge in [0.2, 0.25) is 0 Å². The van der Waals surface area contributed by atoms with Gasteiger partial charge in [-0.1, -0.05) is 34.9 Å². The summed E-state index contributed by atoms with van der Waals surface area (Å²) >= 11 is 0. The molecule has 2 heteroatoms. The number of aryl methyl sites for hydroxylation is 1. The summed E-state index contributed by atoms with van der Waals surface area (Å²) in [5, 5.41) is 10.1. The molecule has 30 heavy (non-hydrogen) atoms. The van der Waals surface area contributed by atoms with E-state index >= 15 is 0 Å². The van der Waals surface area contributed by atoms with Crippen LogP contribution in [0.25, 0.3) is 0 Å². The number of ether oxygens (including phenoxy) is 1. The van der Waals surface area contributed by atoms with Crippen LogP contribution in [-0.2, 0) is 6.42 Å². The minimum atomic E-state index is -0.126. The molecule has 1 aliphatic rings. The van der Waals surface area contributed by atoms with Crippen molar-refractivity contribution >= 4 is 0 Å². The van der Waals surface area contributed by atoms with Crippen molar-refractivity contribution in [1.29, 1.82) is 0 Å². The monoisotopic (exact) mass is 410 g/mol. The van der Waals surface area contributed by atoms with Crippen molar-refractivity contribution < 1.29 is 9.84 Å². The minimum absolute atomic E-state index is 0.126. The van der Waals surface area contributed by atoms with E-state index in [0.29, 0.717) is 5.75 Å². The van der Waals surface area contributed by atoms with E-state index in [4.69, 9.17) is 4.74 Å². The van der Waals surface area contributed by atoms with Crippen LogP contribution in [0.4, 0.5) is 0 Å². The van der Waals surface area contributed by atoms with Crippen LogP contribution in [0.15, 0.2) is 41.0 Å². The maximum atomic E-state index is 10.1. The summed E-state index contributed by atoms with van der Waals surface area (Å²) in [6.45, 7) is 15.1. The SMILES string of the molecule is CC(C)=CCC/C(C)=C\CC/C(C)=C/CC[C@]1(C)CCc2cc(O)c(C)c(C)c2O1. The topological polar surface area (TPSA) is 29.5 Å². The lowest BCUT2D eigenvalue weighted by Gasteiger charge is -2.37. The minimum Gasteiger partial charge on any atom is -0.508 e. The van der Waals surface area contributed by atoms with E-state index in [1.165, 1.54) is 23.1 Å². The summed E-state index contributed by atoms with van der Waals surface area (Å²) in [7, 11) is 0. The number of aromatic hydroxyl groups is 1. The molecule has 1 aromatic rings. The van der Waals surface area contributed by atoms with E-state index in [1.54, 1.807) is 0 Å². The van der Waals surface area contributed by atoms with Gasteiger partial charge in [0.25, 0.3) is 0 Å². The molecule has 2 nitrogen and oxygen atoms in total. The predicted octanol–water partition coefficient (Wildman–Crippen LogP) is 8.29. The molecule has 1 atom stereocenters. The number of hydrogen-bond acceptors (Lipinski definition) is 2. The molecule has 0 amide bonds. The van der Waals surface area contributed by atoms with Crippen molar-refractivity contribution in [3.8, 4) is 11.5 Å². The third-order valence-electron chi connectivity index (χ3n) is 6.45. The Hall–Kier alpha value is -1.96. The van der Waals surface area contributed by atoms with Crippen LogP contribution < -0.4 is 4.74 Å². The number of benzene rings is 1. The first-order valence-electron chi connectivity index (χ1n) is 11.6. The summed E-state index contributed by atoms with van der Waals surface area (Å²) in [6, 6.07) is 1.89. The molecular weight excluding hydrogens is 368 g/mol. The zero-order chi connectivity index (χ0) is 22.3.